The molecule has 2 N–H and O–H groups in total. The second-order valence-corrected chi connectivity index (χ2v) is 28.0. The molecule has 0 bridgehead atoms. The van der Waals surface area contributed by atoms with Gasteiger partial charge in [0.2, 0.25) is 0 Å². The molecule has 1 fully saturated rings. The molecule has 9 heteroatoms. The first-order chi connectivity index (χ1) is 23.4. The number of pyridine rings is 1. The van der Waals surface area contributed by atoms with Crippen LogP contribution < -0.4 is 0 Å². The third kappa shape index (κ3) is 12.3. The number of aliphatic carboxylic acids is 1. The lowest BCUT2D eigenvalue weighted by atomic mass is 9.58. The van der Waals surface area contributed by atoms with Gasteiger partial charge in [0.25, 0.3) is 0 Å². The first-order valence-electron chi connectivity index (χ1n) is 19.4. The van der Waals surface area contributed by atoms with Crippen LogP contribution in [-0.2, 0) is 18.4 Å². The summed E-state index contributed by atoms with van der Waals surface area (Å²) in [6.07, 6.45) is 10.4. The number of ketones is 1. The Bertz CT molecular complexity index is 1340. The number of aliphatic hydroxyl groups is 1. The Morgan fingerprint density at radius 3 is 2.06 bits per heavy atom. The van der Waals surface area contributed by atoms with E-state index in [0.717, 1.165) is 37.0 Å². The van der Waals surface area contributed by atoms with Crippen molar-refractivity contribution in [3.8, 4) is 0 Å². The van der Waals surface area contributed by atoms with Gasteiger partial charge >= 0.3 is 5.97 Å². The average molecular weight is 744 g/mol. The van der Waals surface area contributed by atoms with Gasteiger partial charge in [0.15, 0.2) is 16.6 Å². The molecule has 1 aromatic rings. The number of Topliss-reactive ketones (excluding diaryl/α,β-unsaturated/α-hetero) is 1. The van der Waals surface area contributed by atoms with E-state index < -0.39 is 40.2 Å². The molecule has 1 aromatic heterocycles. The SMILES string of the molecule is CC[C@@H](C(=O)C1([C@H](CC(=O)O)O[Si](C)(C)C(C)(C)C)CCC1)[C@@H](O[Si](C)(C)C(C)(C)C)[C@@H](C)CCCC(C)=CC[C@H](O)C(C)=Cc1ccccn1. The van der Waals surface area contributed by atoms with E-state index in [0.29, 0.717) is 25.7 Å². The summed E-state index contributed by atoms with van der Waals surface area (Å²) < 4.78 is 14.1. The number of hydrogen-bond acceptors (Lipinski definition) is 6. The zero-order valence-electron chi connectivity index (χ0n) is 34.7. The summed E-state index contributed by atoms with van der Waals surface area (Å²) in [6.45, 7) is 30.4. The fraction of sp³-hybridized carbons (Fsp3) is 0.738. The van der Waals surface area contributed by atoms with Crippen LogP contribution in [0.1, 0.15) is 133 Å². The van der Waals surface area contributed by atoms with Gasteiger partial charge in [-0.15, -0.1) is 0 Å². The number of carbonyl (C=O) groups excluding carboxylic acids is 1. The van der Waals surface area contributed by atoms with Crippen molar-refractivity contribution in [2.75, 3.05) is 0 Å². The zero-order chi connectivity index (χ0) is 39.0. The van der Waals surface area contributed by atoms with E-state index in [-0.39, 0.29) is 40.2 Å². The maximum absolute atomic E-state index is 15.1. The second kappa shape index (κ2) is 18.4. The van der Waals surface area contributed by atoms with Gasteiger partial charge < -0.3 is 19.1 Å². The molecule has 5 atom stereocenters. The molecule has 290 valence electrons. The summed E-state index contributed by atoms with van der Waals surface area (Å²) in [5, 5.41) is 20.7. The highest BCUT2D eigenvalue weighted by Crippen LogP contribution is 2.53. The quantitative estimate of drug-likeness (QED) is 0.101. The Morgan fingerprint density at radius 1 is 1.00 bits per heavy atom. The van der Waals surface area contributed by atoms with Gasteiger partial charge in [-0.05, 0) is 125 Å². The summed E-state index contributed by atoms with van der Waals surface area (Å²) in [4.78, 5) is 31.7. The highest BCUT2D eigenvalue weighted by atomic mass is 28.4. The van der Waals surface area contributed by atoms with Crippen LogP contribution in [0, 0.1) is 17.3 Å². The lowest BCUT2D eigenvalue weighted by Crippen LogP contribution is -2.59. The van der Waals surface area contributed by atoms with Crippen LogP contribution in [-0.4, -0.2) is 61.9 Å². The normalized spacial score (nSPS) is 19.1. The highest BCUT2D eigenvalue weighted by molar-refractivity contribution is 6.74. The minimum Gasteiger partial charge on any atom is -0.481 e. The molecule has 0 radical (unpaired) electrons. The van der Waals surface area contributed by atoms with Gasteiger partial charge in [-0.1, -0.05) is 79.5 Å². The summed E-state index contributed by atoms with van der Waals surface area (Å²) >= 11 is 0. The number of aromatic nitrogens is 1. The predicted molar refractivity (Wildman–Crippen MR) is 217 cm³/mol. The summed E-state index contributed by atoms with van der Waals surface area (Å²) in [5.41, 5.74) is 2.17. The number of nitrogens with zero attached hydrogens (tertiary/aromatic N) is 1. The molecule has 2 rings (SSSR count). The minimum atomic E-state index is -2.36. The van der Waals surface area contributed by atoms with Crippen molar-refractivity contribution < 1.29 is 28.7 Å². The van der Waals surface area contributed by atoms with Gasteiger partial charge in [-0.3, -0.25) is 14.6 Å². The molecule has 1 saturated carbocycles. The Balaban J connectivity index is 2.32. The molecule has 1 aliphatic rings. The van der Waals surface area contributed by atoms with Crippen molar-refractivity contribution in [1.82, 2.24) is 4.98 Å². The van der Waals surface area contributed by atoms with Crippen molar-refractivity contribution in [1.29, 1.82) is 0 Å². The number of aliphatic hydroxyl groups excluding tert-OH is 1. The van der Waals surface area contributed by atoms with Crippen LogP contribution in [0.15, 0.2) is 41.6 Å². The molecule has 7 nitrogen and oxygen atoms in total. The number of carboxylic acids is 1. The molecule has 0 aliphatic heterocycles. The van der Waals surface area contributed by atoms with Gasteiger partial charge in [-0.25, -0.2) is 0 Å². The molecule has 0 unspecified atom stereocenters. The minimum absolute atomic E-state index is 0.0267. The van der Waals surface area contributed by atoms with Gasteiger partial charge in [0, 0.05) is 12.1 Å². The van der Waals surface area contributed by atoms with Crippen molar-refractivity contribution >= 4 is 34.5 Å². The maximum atomic E-state index is 15.1. The van der Waals surface area contributed by atoms with E-state index >= 15 is 4.79 Å². The number of allylic oxidation sites excluding steroid dienone is 1. The standard InChI is InChI=1S/C42H73NO6Si2/c1-15-34(39(47)42(25-19-26-42)36(29-37(45)46)48-50(11,12)40(5,6)7)38(49-51(13,14)41(8,9)10)31(3)21-18-20-30(2)23-24-35(44)32(4)28-33-22-16-17-27-43-33/h16-17,22-23,27-28,31,34-36,38,44H,15,18-21,24-26,29H2,1-14H3,(H,45,46)/t31-,34+,35-,36-,38-/m0/s1. The number of carboxylic acid groups (broad SMARTS) is 1. The van der Waals surface area contributed by atoms with Crippen LogP contribution in [0.5, 0.6) is 0 Å². The molecule has 0 amide bonds. The van der Waals surface area contributed by atoms with Crippen LogP contribution in [0.2, 0.25) is 36.3 Å². The van der Waals surface area contributed by atoms with E-state index in [4.69, 9.17) is 8.85 Å². The molecule has 51 heavy (non-hydrogen) atoms. The monoisotopic (exact) mass is 743 g/mol. The fourth-order valence-electron chi connectivity index (χ4n) is 6.63. The first kappa shape index (κ1) is 45.2. The Labute approximate surface area is 313 Å². The van der Waals surface area contributed by atoms with Crippen LogP contribution in [0.4, 0.5) is 0 Å². The second-order valence-electron chi connectivity index (χ2n) is 18.5. The molecule has 0 aromatic carbocycles. The number of carbonyl (C=O) groups is 2. The summed E-state index contributed by atoms with van der Waals surface area (Å²) in [7, 11) is -4.63. The molecule has 1 aliphatic carbocycles. The molecular formula is C42H73NO6Si2. The van der Waals surface area contributed by atoms with E-state index in [9.17, 15) is 15.0 Å². The van der Waals surface area contributed by atoms with Crippen molar-refractivity contribution in [2.45, 2.75) is 182 Å². The van der Waals surface area contributed by atoms with Crippen molar-refractivity contribution in [3.63, 3.8) is 0 Å². The molecule has 0 saturated heterocycles. The van der Waals surface area contributed by atoms with E-state index in [1.54, 1.807) is 6.20 Å². The topological polar surface area (TPSA) is 106 Å². The largest absolute Gasteiger partial charge is 0.481 e. The van der Waals surface area contributed by atoms with Crippen molar-refractivity contribution in [2.24, 2.45) is 17.3 Å². The number of rotatable bonds is 20. The highest BCUT2D eigenvalue weighted by Gasteiger charge is 2.57. The lowest BCUT2D eigenvalue weighted by molar-refractivity contribution is -0.156. The van der Waals surface area contributed by atoms with Gasteiger partial charge in [0.1, 0.15) is 5.78 Å². The third-order valence-corrected chi connectivity index (χ3v) is 21.4. The van der Waals surface area contributed by atoms with E-state index in [1.807, 2.05) is 31.2 Å². The average Bonchev–Trinajstić information content (AvgIpc) is 2.97. The molecule has 1 heterocycles. The Hall–Kier alpha value is -1.92. The Morgan fingerprint density at radius 2 is 1.59 bits per heavy atom. The lowest BCUT2D eigenvalue weighted by Gasteiger charge is -2.52. The van der Waals surface area contributed by atoms with Crippen LogP contribution in [0.3, 0.4) is 0 Å². The Kier molecular flexibility index (Phi) is 16.3. The predicted octanol–water partition coefficient (Wildman–Crippen LogP) is 11.0. The van der Waals surface area contributed by atoms with Gasteiger partial charge in [0.05, 0.1) is 35.8 Å². The number of hydrogen-bond donors (Lipinski definition) is 2. The van der Waals surface area contributed by atoms with E-state index in [1.165, 1.54) is 5.57 Å². The summed E-state index contributed by atoms with van der Waals surface area (Å²) in [6, 6.07) is 5.75. The smallest absolute Gasteiger partial charge is 0.305 e. The van der Waals surface area contributed by atoms with E-state index in [2.05, 4.69) is 99.6 Å². The molecular weight excluding hydrogens is 671 g/mol. The van der Waals surface area contributed by atoms with Gasteiger partial charge in [-0.2, -0.15) is 0 Å². The zero-order valence-corrected chi connectivity index (χ0v) is 36.7. The molecule has 0 spiro atoms. The van der Waals surface area contributed by atoms with Crippen molar-refractivity contribution in [3.05, 3.63) is 47.3 Å². The van der Waals surface area contributed by atoms with Crippen LogP contribution in [0.25, 0.3) is 6.08 Å². The van der Waals surface area contributed by atoms with Crippen LogP contribution >= 0.6 is 0 Å². The summed E-state index contributed by atoms with van der Waals surface area (Å²) in [5.74, 6) is -0.972. The first-order valence-corrected chi connectivity index (χ1v) is 25.2. The third-order valence-electron chi connectivity index (χ3n) is 12.4. The maximum Gasteiger partial charge on any atom is 0.305 e. The fourth-order valence-corrected chi connectivity index (χ4v) is 9.44.